The van der Waals surface area contributed by atoms with Crippen molar-refractivity contribution in [3.8, 4) is 22.9 Å². The van der Waals surface area contributed by atoms with Gasteiger partial charge in [0.25, 0.3) is 5.69 Å². The number of para-hydroxylation sites is 1. The van der Waals surface area contributed by atoms with Crippen molar-refractivity contribution in [2.45, 2.75) is 19.9 Å². The maximum atomic E-state index is 11.0. The van der Waals surface area contributed by atoms with Crippen molar-refractivity contribution in [2.75, 3.05) is 18.5 Å². The van der Waals surface area contributed by atoms with Gasteiger partial charge in [0, 0.05) is 48.0 Å². The normalized spacial score (nSPS) is 12.9. The summed E-state index contributed by atoms with van der Waals surface area (Å²) in [7, 11) is 0. The van der Waals surface area contributed by atoms with Crippen LogP contribution in [0.15, 0.2) is 48.5 Å². The second-order valence-corrected chi connectivity index (χ2v) is 6.67. The van der Waals surface area contributed by atoms with Crippen molar-refractivity contribution in [2.24, 2.45) is 0 Å². The summed E-state index contributed by atoms with van der Waals surface area (Å²) in [5.41, 5.74) is 2.33. The molecule has 3 aromatic rings. The van der Waals surface area contributed by atoms with Crippen molar-refractivity contribution in [3.05, 3.63) is 69.9 Å². The first-order valence-electron chi connectivity index (χ1n) is 9.32. The summed E-state index contributed by atoms with van der Waals surface area (Å²) in [4.78, 5) is 19.6. The lowest BCUT2D eigenvalue weighted by molar-refractivity contribution is -0.384. The first-order chi connectivity index (χ1) is 14.1. The summed E-state index contributed by atoms with van der Waals surface area (Å²) >= 11 is 0. The van der Waals surface area contributed by atoms with Gasteiger partial charge in [-0.1, -0.05) is 24.3 Å². The fraction of sp³-hybridized carbons (Fsp3) is 0.238. The molecule has 1 aliphatic rings. The van der Waals surface area contributed by atoms with Gasteiger partial charge in [-0.25, -0.2) is 9.97 Å². The Balaban J connectivity index is 1.58. The van der Waals surface area contributed by atoms with E-state index >= 15 is 0 Å². The quantitative estimate of drug-likeness (QED) is 0.515. The average Bonchev–Trinajstić information content (AvgIpc) is 2.98. The van der Waals surface area contributed by atoms with Crippen LogP contribution >= 0.6 is 0 Å². The third-order valence-electron chi connectivity index (χ3n) is 4.48. The molecule has 0 radical (unpaired) electrons. The number of anilines is 1. The number of hydrogen-bond acceptors (Lipinski definition) is 7. The fourth-order valence-corrected chi connectivity index (χ4v) is 3.13. The number of nitrogens with zero attached hydrogens (tertiary/aromatic N) is 3. The zero-order valence-corrected chi connectivity index (χ0v) is 15.9. The molecule has 0 amide bonds. The molecule has 29 heavy (non-hydrogen) atoms. The molecule has 8 heteroatoms. The Morgan fingerprint density at radius 3 is 2.79 bits per heavy atom. The van der Waals surface area contributed by atoms with E-state index < -0.39 is 4.92 Å². The number of nitro groups is 1. The first kappa shape index (κ1) is 18.7. The largest absolute Gasteiger partial charge is 0.490 e. The molecule has 1 aliphatic heterocycles. The number of aryl methyl sites for hydroxylation is 1. The molecule has 0 bridgehead atoms. The Bertz CT molecular complexity index is 1050. The Labute approximate surface area is 167 Å². The van der Waals surface area contributed by atoms with Crippen LogP contribution in [0.5, 0.6) is 11.5 Å². The van der Waals surface area contributed by atoms with Gasteiger partial charge in [0.15, 0.2) is 17.3 Å². The van der Waals surface area contributed by atoms with Gasteiger partial charge >= 0.3 is 0 Å². The Morgan fingerprint density at radius 1 is 1.10 bits per heavy atom. The smallest absolute Gasteiger partial charge is 0.270 e. The van der Waals surface area contributed by atoms with E-state index in [0.29, 0.717) is 37.0 Å². The van der Waals surface area contributed by atoms with Crippen LogP contribution in [0.3, 0.4) is 0 Å². The van der Waals surface area contributed by atoms with Crippen LogP contribution in [0.4, 0.5) is 11.5 Å². The minimum atomic E-state index is -0.429. The van der Waals surface area contributed by atoms with Crippen LogP contribution in [0, 0.1) is 17.0 Å². The average molecular weight is 392 g/mol. The SMILES string of the molecule is Cc1cc(NCc2cccc3c2OCCCO3)nc(-c2cccc([N+](=O)[O-])c2)n1. The fourth-order valence-electron chi connectivity index (χ4n) is 3.13. The molecular formula is C21H20N4O4. The second kappa shape index (κ2) is 8.14. The van der Waals surface area contributed by atoms with Gasteiger partial charge in [-0.15, -0.1) is 0 Å². The van der Waals surface area contributed by atoms with E-state index in [1.807, 2.05) is 31.2 Å². The summed E-state index contributed by atoms with van der Waals surface area (Å²) < 4.78 is 11.6. The molecule has 8 nitrogen and oxygen atoms in total. The molecule has 2 aromatic carbocycles. The Hall–Kier alpha value is -3.68. The topological polar surface area (TPSA) is 99.4 Å². The summed E-state index contributed by atoms with van der Waals surface area (Å²) in [5.74, 6) is 2.56. The van der Waals surface area contributed by atoms with Gasteiger partial charge in [0.05, 0.1) is 18.1 Å². The Kier molecular flexibility index (Phi) is 5.24. The molecule has 0 saturated carbocycles. The molecular weight excluding hydrogens is 372 g/mol. The number of ether oxygens (including phenoxy) is 2. The van der Waals surface area contributed by atoms with Crippen molar-refractivity contribution < 1.29 is 14.4 Å². The van der Waals surface area contributed by atoms with E-state index in [1.54, 1.807) is 12.1 Å². The highest BCUT2D eigenvalue weighted by atomic mass is 16.6. The van der Waals surface area contributed by atoms with E-state index in [0.717, 1.165) is 29.2 Å². The van der Waals surface area contributed by atoms with Crippen LogP contribution in [-0.4, -0.2) is 28.1 Å². The van der Waals surface area contributed by atoms with Crippen LogP contribution < -0.4 is 14.8 Å². The zero-order valence-electron chi connectivity index (χ0n) is 15.9. The number of fused-ring (bicyclic) bond motifs is 1. The second-order valence-electron chi connectivity index (χ2n) is 6.67. The maximum absolute atomic E-state index is 11.0. The molecule has 0 atom stereocenters. The van der Waals surface area contributed by atoms with Crippen LogP contribution in [-0.2, 0) is 6.54 Å². The molecule has 1 N–H and O–H groups in total. The Morgan fingerprint density at radius 2 is 1.93 bits per heavy atom. The maximum Gasteiger partial charge on any atom is 0.270 e. The number of hydrogen-bond donors (Lipinski definition) is 1. The summed E-state index contributed by atoms with van der Waals surface area (Å²) in [6.07, 6.45) is 0.846. The monoisotopic (exact) mass is 392 g/mol. The predicted molar refractivity (Wildman–Crippen MR) is 108 cm³/mol. The van der Waals surface area contributed by atoms with Gasteiger partial charge in [-0.05, 0) is 13.0 Å². The lowest BCUT2D eigenvalue weighted by Gasteiger charge is -2.14. The van der Waals surface area contributed by atoms with Gasteiger partial charge < -0.3 is 14.8 Å². The number of non-ortho nitro benzene ring substituents is 1. The third kappa shape index (κ3) is 4.26. The number of nitro benzene ring substituents is 1. The van der Waals surface area contributed by atoms with Crippen LogP contribution in [0.2, 0.25) is 0 Å². The highest BCUT2D eigenvalue weighted by Crippen LogP contribution is 2.33. The summed E-state index contributed by atoms with van der Waals surface area (Å²) in [5, 5.41) is 14.3. The zero-order chi connectivity index (χ0) is 20.2. The highest BCUT2D eigenvalue weighted by Gasteiger charge is 2.15. The standard InChI is InChI=1S/C21H20N4O4/c1-14-11-19(24-21(23-14)15-5-2-7-17(12-15)25(26)27)22-13-16-6-3-8-18-20(16)29-10-4-9-28-18/h2-3,5-8,11-12H,4,9-10,13H2,1H3,(H,22,23,24). The lowest BCUT2D eigenvalue weighted by atomic mass is 10.1. The van der Waals surface area contributed by atoms with Crippen molar-refractivity contribution in [3.63, 3.8) is 0 Å². The van der Waals surface area contributed by atoms with Gasteiger partial charge in [-0.2, -0.15) is 0 Å². The van der Waals surface area contributed by atoms with E-state index in [4.69, 9.17) is 9.47 Å². The van der Waals surface area contributed by atoms with Crippen molar-refractivity contribution in [1.29, 1.82) is 0 Å². The molecule has 0 fully saturated rings. The number of aromatic nitrogens is 2. The third-order valence-corrected chi connectivity index (χ3v) is 4.48. The van der Waals surface area contributed by atoms with Gasteiger partial charge in [0.2, 0.25) is 0 Å². The number of rotatable bonds is 5. The van der Waals surface area contributed by atoms with E-state index in [9.17, 15) is 10.1 Å². The van der Waals surface area contributed by atoms with Gasteiger partial charge in [0.1, 0.15) is 5.82 Å². The molecule has 1 aromatic heterocycles. The predicted octanol–water partition coefficient (Wildman–Crippen LogP) is 4.13. The lowest BCUT2D eigenvalue weighted by Crippen LogP contribution is -2.06. The minimum Gasteiger partial charge on any atom is -0.490 e. The van der Waals surface area contributed by atoms with Crippen LogP contribution in [0.25, 0.3) is 11.4 Å². The first-order valence-corrected chi connectivity index (χ1v) is 9.32. The molecule has 0 unspecified atom stereocenters. The summed E-state index contributed by atoms with van der Waals surface area (Å²) in [6.45, 7) is 3.62. The molecule has 0 saturated heterocycles. The van der Waals surface area contributed by atoms with E-state index in [2.05, 4.69) is 15.3 Å². The molecule has 4 rings (SSSR count). The minimum absolute atomic E-state index is 0.00578. The highest BCUT2D eigenvalue weighted by molar-refractivity contribution is 5.61. The van der Waals surface area contributed by atoms with Crippen LogP contribution in [0.1, 0.15) is 17.7 Å². The molecule has 2 heterocycles. The molecule has 0 aliphatic carbocycles. The molecule has 0 spiro atoms. The van der Waals surface area contributed by atoms with Crippen molar-refractivity contribution >= 4 is 11.5 Å². The van der Waals surface area contributed by atoms with Gasteiger partial charge in [-0.3, -0.25) is 10.1 Å². The summed E-state index contributed by atoms with van der Waals surface area (Å²) in [6, 6.07) is 14.0. The van der Waals surface area contributed by atoms with E-state index in [-0.39, 0.29) is 5.69 Å². The number of benzene rings is 2. The number of nitrogens with one attached hydrogen (secondary N) is 1. The molecule has 148 valence electrons. The van der Waals surface area contributed by atoms with E-state index in [1.165, 1.54) is 12.1 Å². The van der Waals surface area contributed by atoms with Crippen molar-refractivity contribution in [1.82, 2.24) is 9.97 Å².